The molecule has 1 fully saturated rings. The van der Waals surface area contributed by atoms with Crippen molar-refractivity contribution in [3.8, 4) is 0 Å². The van der Waals surface area contributed by atoms with Crippen LogP contribution in [0.25, 0.3) is 0 Å². The molecule has 2 atom stereocenters. The van der Waals surface area contributed by atoms with Crippen LogP contribution in [-0.4, -0.2) is 51.9 Å². The van der Waals surface area contributed by atoms with Gasteiger partial charge in [0.1, 0.15) is 0 Å². The summed E-state index contributed by atoms with van der Waals surface area (Å²) < 4.78 is 7.77. The Bertz CT molecular complexity index is 304. The molecule has 1 aliphatic rings. The maximum Gasteiger partial charge on any atom is 0.0802 e. The van der Waals surface area contributed by atoms with Crippen LogP contribution in [0.15, 0.2) is 18.5 Å². The summed E-state index contributed by atoms with van der Waals surface area (Å²) in [6, 6.07) is 1.96. The maximum atomic E-state index is 5.79. The van der Waals surface area contributed by atoms with E-state index in [-0.39, 0.29) is 0 Å². The number of alkyl halides is 1. The van der Waals surface area contributed by atoms with E-state index < -0.39 is 0 Å². The first-order chi connectivity index (χ1) is 7.78. The molecule has 1 aromatic rings. The number of ether oxygens (including phenoxy) is 1. The zero-order valence-electron chi connectivity index (χ0n) is 9.55. The Hall–Kier alpha value is -0.390. The van der Waals surface area contributed by atoms with E-state index >= 15 is 0 Å². The molecule has 4 nitrogen and oxygen atoms in total. The van der Waals surface area contributed by atoms with E-state index in [1.165, 1.54) is 0 Å². The number of halogens is 1. The van der Waals surface area contributed by atoms with Crippen molar-refractivity contribution in [3.63, 3.8) is 0 Å². The lowest BCUT2D eigenvalue weighted by molar-refractivity contribution is -0.0660. The van der Waals surface area contributed by atoms with Crippen LogP contribution >= 0.6 is 15.9 Å². The lowest BCUT2D eigenvalue weighted by Crippen LogP contribution is -2.48. The van der Waals surface area contributed by atoms with E-state index in [1.54, 1.807) is 0 Å². The molecule has 0 aromatic carbocycles. The van der Waals surface area contributed by atoms with Crippen molar-refractivity contribution < 1.29 is 4.74 Å². The van der Waals surface area contributed by atoms with Crippen molar-refractivity contribution in [3.05, 3.63) is 18.5 Å². The largest absolute Gasteiger partial charge is 0.372 e. The molecule has 0 amide bonds. The SMILES string of the molecule is CC1CN(CCn2cccn2)CC(CBr)O1. The highest BCUT2D eigenvalue weighted by Crippen LogP contribution is 2.12. The molecule has 0 spiro atoms. The summed E-state index contributed by atoms with van der Waals surface area (Å²) >= 11 is 3.49. The summed E-state index contributed by atoms with van der Waals surface area (Å²) in [6.45, 7) is 6.16. The van der Waals surface area contributed by atoms with Crippen molar-refractivity contribution in [2.24, 2.45) is 0 Å². The lowest BCUT2D eigenvalue weighted by atomic mass is 10.2. The molecule has 0 saturated carbocycles. The third-order valence-corrected chi connectivity index (χ3v) is 3.50. The standard InChI is InChI=1S/C11H18BrN3O/c1-10-8-14(9-11(7-12)16-10)5-6-15-4-2-3-13-15/h2-4,10-11H,5-9H2,1H3. The summed E-state index contributed by atoms with van der Waals surface area (Å²) in [6.07, 6.45) is 4.48. The summed E-state index contributed by atoms with van der Waals surface area (Å²) in [5.74, 6) is 0. The van der Waals surface area contributed by atoms with Crippen molar-refractivity contribution in [2.45, 2.75) is 25.7 Å². The van der Waals surface area contributed by atoms with Crippen LogP contribution in [-0.2, 0) is 11.3 Å². The Morgan fingerprint density at radius 1 is 1.44 bits per heavy atom. The Labute approximate surface area is 105 Å². The van der Waals surface area contributed by atoms with Crippen LogP contribution in [0.5, 0.6) is 0 Å². The second-order valence-corrected chi connectivity index (χ2v) is 4.90. The average Bonchev–Trinajstić information content (AvgIpc) is 2.78. The predicted octanol–water partition coefficient (Wildman–Crippen LogP) is 1.37. The van der Waals surface area contributed by atoms with Crippen LogP contribution in [0.3, 0.4) is 0 Å². The molecule has 0 aliphatic carbocycles. The van der Waals surface area contributed by atoms with E-state index in [9.17, 15) is 0 Å². The molecule has 0 radical (unpaired) electrons. The first-order valence-electron chi connectivity index (χ1n) is 5.69. The molecular weight excluding hydrogens is 270 g/mol. The molecule has 5 heteroatoms. The normalized spacial score (nSPS) is 27.1. The van der Waals surface area contributed by atoms with E-state index in [2.05, 4.69) is 32.9 Å². The summed E-state index contributed by atoms with van der Waals surface area (Å²) in [7, 11) is 0. The number of rotatable bonds is 4. The van der Waals surface area contributed by atoms with Gasteiger partial charge in [0.15, 0.2) is 0 Å². The topological polar surface area (TPSA) is 30.3 Å². The first kappa shape index (κ1) is 12.1. The maximum absolute atomic E-state index is 5.79. The Morgan fingerprint density at radius 2 is 2.31 bits per heavy atom. The second-order valence-electron chi connectivity index (χ2n) is 4.25. The number of morpholine rings is 1. The van der Waals surface area contributed by atoms with Gasteiger partial charge in [-0.3, -0.25) is 9.58 Å². The molecule has 0 bridgehead atoms. The minimum absolute atomic E-state index is 0.321. The molecule has 1 aliphatic heterocycles. The Balaban J connectivity index is 1.80. The van der Waals surface area contributed by atoms with Crippen LogP contribution in [0.2, 0.25) is 0 Å². The Kier molecular flexibility index (Phi) is 4.37. The molecule has 1 aromatic heterocycles. The highest BCUT2D eigenvalue weighted by molar-refractivity contribution is 9.09. The Morgan fingerprint density at radius 3 is 3.00 bits per heavy atom. The van der Waals surface area contributed by atoms with Gasteiger partial charge in [-0.05, 0) is 13.0 Å². The van der Waals surface area contributed by atoms with Gasteiger partial charge in [-0.2, -0.15) is 5.10 Å². The molecule has 0 N–H and O–H groups in total. The van der Waals surface area contributed by atoms with Crippen molar-refractivity contribution in [2.75, 3.05) is 25.0 Å². The van der Waals surface area contributed by atoms with Crippen LogP contribution < -0.4 is 0 Å². The van der Waals surface area contributed by atoms with E-state index in [0.29, 0.717) is 12.2 Å². The highest BCUT2D eigenvalue weighted by atomic mass is 79.9. The van der Waals surface area contributed by atoms with Gasteiger partial charge in [0, 0.05) is 37.4 Å². The quantitative estimate of drug-likeness (QED) is 0.784. The predicted molar refractivity (Wildman–Crippen MR) is 66.8 cm³/mol. The molecule has 16 heavy (non-hydrogen) atoms. The van der Waals surface area contributed by atoms with Gasteiger partial charge in [0.2, 0.25) is 0 Å². The zero-order chi connectivity index (χ0) is 11.4. The van der Waals surface area contributed by atoms with Gasteiger partial charge in [-0.25, -0.2) is 0 Å². The summed E-state index contributed by atoms with van der Waals surface area (Å²) in [5, 5.41) is 5.12. The van der Waals surface area contributed by atoms with Crippen LogP contribution in [0.1, 0.15) is 6.92 Å². The fourth-order valence-corrected chi connectivity index (χ4v) is 2.44. The third kappa shape index (κ3) is 3.30. The first-order valence-corrected chi connectivity index (χ1v) is 6.81. The third-order valence-electron chi connectivity index (χ3n) is 2.78. The van der Waals surface area contributed by atoms with E-state index in [1.807, 2.05) is 23.1 Å². The highest BCUT2D eigenvalue weighted by Gasteiger charge is 2.23. The molecule has 2 heterocycles. The van der Waals surface area contributed by atoms with Gasteiger partial charge in [-0.15, -0.1) is 0 Å². The fourth-order valence-electron chi connectivity index (χ4n) is 2.09. The average molecular weight is 288 g/mol. The smallest absolute Gasteiger partial charge is 0.0802 e. The molecule has 2 rings (SSSR count). The molecule has 90 valence electrons. The van der Waals surface area contributed by atoms with Crippen LogP contribution in [0.4, 0.5) is 0 Å². The van der Waals surface area contributed by atoms with Gasteiger partial charge in [0.25, 0.3) is 0 Å². The number of hydrogen-bond donors (Lipinski definition) is 0. The molecular formula is C11H18BrN3O. The monoisotopic (exact) mass is 287 g/mol. The summed E-state index contributed by atoms with van der Waals surface area (Å²) in [4.78, 5) is 2.45. The van der Waals surface area contributed by atoms with Gasteiger partial charge < -0.3 is 4.74 Å². The fraction of sp³-hybridized carbons (Fsp3) is 0.727. The lowest BCUT2D eigenvalue weighted by Gasteiger charge is -2.36. The van der Waals surface area contributed by atoms with E-state index in [4.69, 9.17) is 4.74 Å². The zero-order valence-corrected chi connectivity index (χ0v) is 11.1. The molecule has 2 unspecified atom stereocenters. The van der Waals surface area contributed by atoms with Crippen molar-refractivity contribution in [1.29, 1.82) is 0 Å². The van der Waals surface area contributed by atoms with Crippen molar-refractivity contribution >= 4 is 15.9 Å². The number of hydrogen-bond acceptors (Lipinski definition) is 3. The molecule has 1 saturated heterocycles. The number of aromatic nitrogens is 2. The van der Waals surface area contributed by atoms with Crippen LogP contribution in [0, 0.1) is 0 Å². The van der Waals surface area contributed by atoms with Gasteiger partial charge in [-0.1, -0.05) is 15.9 Å². The van der Waals surface area contributed by atoms with Gasteiger partial charge >= 0.3 is 0 Å². The summed E-state index contributed by atoms with van der Waals surface area (Å²) in [5.41, 5.74) is 0. The minimum Gasteiger partial charge on any atom is -0.372 e. The van der Waals surface area contributed by atoms with Crippen molar-refractivity contribution in [1.82, 2.24) is 14.7 Å². The minimum atomic E-state index is 0.321. The second kappa shape index (κ2) is 5.80. The van der Waals surface area contributed by atoms with Gasteiger partial charge in [0.05, 0.1) is 18.8 Å². The number of nitrogens with zero attached hydrogens (tertiary/aromatic N) is 3. The van der Waals surface area contributed by atoms with E-state index in [0.717, 1.165) is 31.5 Å².